The van der Waals surface area contributed by atoms with Gasteiger partial charge in [-0.3, -0.25) is 9.69 Å². The Labute approximate surface area is 117 Å². The van der Waals surface area contributed by atoms with Crippen LogP contribution >= 0.6 is 0 Å². The van der Waals surface area contributed by atoms with Gasteiger partial charge in [-0.15, -0.1) is 0 Å². The first kappa shape index (κ1) is 14.2. The van der Waals surface area contributed by atoms with Crippen molar-refractivity contribution in [3.05, 3.63) is 24.3 Å². The van der Waals surface area contributed by atoms with Crippen LogP contribution in [-0.4, -0.2) is 35.5 Å². The minimum atomic E-state index is -0.818. The molecule has 0 spiro atoms. The zero-order chi connectivity index (χ0) is 14.8. The maximum absolute atomic E-state index is 11.9. The Hall–Kier alpha value is -2.24. The van der Waals surface area contributed by atoms with Gasteiger partial charge in [-0.1, -0.05) is 12.1 Å². The molecule has 3 amide bonds. The summed E-state index contributed by atoms with van der Waals surface area (Å²) in [7, 11) is 0. The van der Waals surface area contributed by atoms with E-state index in [4.69, 9.17) is 10.5 Å². The molecular weight excluding hydrogens is 258 g/mol. The van der Waals surface area contributed by atoms with Crippen LogP contribution in [0.4, 0.5) is 10.5 Å². The number of anilines is 1. The molecule has 2 rings (SSSR count). The normalized spacial score (nSPS) is 17.2. The number of nitrogens with two attached hydrogens (primary N) is 1. The molecule has 0 radical (unpaired) electrons. The molecule has 1 heterocycles. The third-order valence-corrected chi connectivity index (χ3v) is 3.15. The number of carbonyl (C=O) groups excluding carboxylic acids is 2. The number of carbonyl (C=O) groups is 2. The summed E-state index contributed by atoms with van der Waals surface area (Å²) in [5.41, 5.74) is 5.51. The van der Waals surface area contributed by atoms with Gasteiger partial charge in [0.2, 0.25) is 0 Å². The summed E-state index contributed by atoms with van der Waals surface area (Å²) >= 11 is 0. The molecule has 6 nitrogen and oxygen atoms in total. The van der Waals surface area contributed by atoms with Crippen molar-refractivity contribution in [2.45, 2.75) is 25.8 Å². The van der Waals surface area contributed by atoms with Gasteiger partial charge in [0.25, 0.3) is 5.91 Å². The summed E-state index contributed by atoms with van der Waals surface area (Å²) in [5, 5.41) is 2.64. The van der Waals surface area contributed by atoms with Crippen molar-refractivity contribution in [3.63, 3.8) is 0 Å². The van der Waals surface area contributed by atoms with Crippen LogP contribution in [0.15, 0.2) is 24.3 Å². The number of hydrogen-bond donors (Lipinski definition) is 2. The van der Waals surface area contributed by atoms with E-state index in [1.807, 2.05) is 12.1 Å². The van der Waals surface area contributed by atoms with Gasteiger partial charge in [0, 0.05) is 6.54 Å². The topological polar surface area (TPSA) is 84.7 Å². The fourth-order valence-electron chi connectivity index (χ4n) is 2.04. The number of imide groups is 1. The summed E-state index contributed by atoms with van der Waals surface area (Å²) < 4.78 is 5.52. The standard InChI is InChI=1S/C14H19N3O3/c1-14(2)12(18)17(13(19)16-14)8-5-9-20-11-7-4-3-6-10(11)15/h3-4,6-7H,5,8-9,15H2,1-2H3,(H,16,19). The molecule has 6 heteroatoms. The minimum Gasteiger partial charge on any atom is -0.491 e. The van der Waals surface area contributed by atoms with E-state index >= 15 is 0 Å². The Balaban J connectivity index is 1.81. The van der Waals surface area contributed by atoms with E-state index in [-0.39, 0.29) is 11.9 Å². The maximum Gasteiger partial charge on any atom is 0.325 e. The molecule has 1 aliphatic heterocycles. The number of nitrogen functional groups attached to an aromatic ring is 1. The Morgan fingerprint density at radius 3 is 2.60 bits per heavy atom. The highest BCUT2D eigenvalue weighted by Gasteiger charge is 2.43. The largest absolute Gasteiger partial charge is 0.491 e. The molecule has 0 aliphatic carbocycles. The van der Waals surface area contributed by atoms with Crippen LogP contribution in [0.25, 0.3) is 0 Å². The molecule has 0 unspecified atom stereocenters. The van der Waals surface area contributed by atoms with E-state index in [0.717, 1.165) is 0 Å². The SMILES string of the molecule is CC1(C)NC(=O)N(CCCOc2ccccc2N)C1=O. The van der Waals surface area contributed by atoms with Crippen molar-refractivity contribution >= 4 is 17.6 Å². The summed E-state index contributed by atoms with van der Waals surface area (Å²) in [6, 6.07) is 6.86. The summed E-state index contributed by atoms with van der Waals surface area (Å²) in [6.07, 6.45) is 0.559. The van der Waals surface area contributed by atoms with E-state index in [9.17, 15) is 9.59 Å². The van der Waals surface area contributed by atoms with Gasteiger partial charge in [-0.2, -0.15) is 0 Å². The van der Waals surface area contributed by atoms with Gasteiger partial charge in [-0.05, 0) is 32.4 Å². The molecule has 20 heavy (non-hydrogen) atoms. The Morgan fingerprint density at radius 1 is 1.30 bits per heavy atom. The van der Waals surface area contributed by atoms with E-state index in [0.29, 0.717) is 31.0 Å². The lowest BCUT2D eigenvalue weighted by atomic mass is 10.1. The van der Waals surface area contributed by atoms with Crippen molar-refractivity contribution < 1.29 is 14.3 Å². The van der Waals surface area contributed by atoms with Crippen molar-refractivity contribution in [3.8, 4) is 5.75 Å². The minimum absolute atomic E-state index is 0.207. The van der Waals surface area contributed by atoms with E-state index < -0.39 is 5.54 Å². The number of benzene rings is 1. The number of nitrogens with zero attached hydrogens (tertiary/aromatic N) is 1. The van der Waals surface area contributed by atoms with Crippen molar-refractivity contribution in [2.75, 3.05) is 18.9 Å². The lowest BCUT2D eigenvalue weighted by Gasteiger charge is -2.16. The van der Waals surface area contributed by atoms with Crippen LogP contribution < -0.4 is 15.8 Å². The average Bonchev–Trinajstić information content (AvgIpc) is 2.57. The van der Waals surface area contributed by atoms with Gasteiger partial charge < -0.3 is 15.8 Å². The molecule has 0 saturated carbocycles. The molecule has 3 N–H and O–H groups in total. The molecule has 0 aromatic heterocycles. The van der Waals surface area contributed by atoms with Crippen LogP contribution in [0.1, 0.15) is 20.3 Å². The second-order valence-electron chi connectivity index (χ2n) is 5.25. The summed E-state index contributed by atoms with van der Waals surface area (Å²) in [5.74, 6) is 0.409. The van der Waals surface area contributed by atoms with Crippen LogP contribution in [0.5, 0.6) is 5.75 Å². The number of urea groups is 1. The zero-order valence-corrected chi connectivity index (χ0v) is 11.7. The number of para-hydroxylation sites is 2. The molecular formula is C14H19N3O3. The molecule has 1 aromatic rings. The highest BCUT2D eigenvalue weighted by Crippen LogP contribution is 2.20. The number of nitrogens with one attached hydrogen (secondary N) is 1. The smallest absolute Gasteiger partial charge is 0.325 e. The predicted molar refractivity (Wildman–Crippen MR) is 75.3 cm³/mol. The zero-order valence-electron chi connectivity index (χ0n) is 11.7. The first-order chi connectivity index (χ1) is 9.42. The first-order valence-electron chi connectivity index (χ1n) is 6.53. The van der Waals surface area contributed by atoms with Gasteiger partial charge >= 0.3 is 6.03 Å². The quantitative estimate of drug-likeness (QED) is 0.483. The highest BCUT2D eigenvalue weighted by atomic mass is 16.5. The van der Waals surface area contributed by atoms with Crippen molar-refractivity contribution in [1.29, 1.82) is 0 Å². The third kappa shape index (κ3) is 2.84. The first-order valence-corrected chi connectivity index (χ1v) is 6.53. The predicted octanol–water partition coefficient (Wildman–Crippen LogP) is 1.37. The van der Waals surface area contributed by atoms with Gasteiger partial charge in [0.15, 0.2) is 0 Å². The molecule has 0 bridgehead atoms. The van der Waals surface area contributed by atoms with Gasteiger partial charge in [0.1, 0.15) is 11.3 Å². The Bertz CT molecular complexity index is 528. The Kier molecular flexibility index (Phi) is 3.83. The van der Waals surface area contributed by atoms with Crippen molar-refractivity contribution in [1.82, 2.24) is 10.2 Å². The summed E-state index contributed by atoms with van der Waals surface area (Å²) in [6.45, 7) is 4.11. The van der Waals surface area contributed by atoms with E-state index in [1.165, 1.54) is 4.90 Å². The van der Waals surface area contributed by atoms with Crippen LogP contribution in [0, 0.1) is 0 Å². The molecule has 108 valence electrons. The van der Waals surface area contributed by atoms with E-state index in [2.05, 4.69) is 5.32 Å². The third-order valence-electron chi connectivity index (χ3n) is 3.15. The number of ether oxygens (including phenoxy) is 1. The highest BCUT2D eigenvalue weighted by molar-refractivity contribution is 6.06. The second-order valence-corrected chi connectivity index (χ2v) is 5.25. The van der Waals surface area contributed by atoms with Gasteiger partial charge in [-0.25, -0.2) is 4.79 Å². The number of rotatable bonds is 5. The Morgan fingerprint density at radius 2 is 2.00 bits per heavy atom. The van der Waals surface area contributed by atoms with Crippen LogP contribution in [0.3, 0.4) is 0 Å². The molecule has 1 saturated heterocycles. The number of hydrogen-bond acceptors (Lipinski definition) is 4. The average molecular weight is 277 g/mol. The molecule has 1 aromatic carbocycles. The fraction of sp³-hybridized carbons (Fsp3) is 0.429. The molecule has 1 fully saturated rings. The molecule has 0 atom stereocenters. The summed E-state index contributed by atoms with van der Waals surface area (Å²) in [4.78, 5) is 24.8. The molecule has 1 aliphatic rings. The lowest BCUT2D eigenvalue weighted by molar-refractivity contribution is -0.130. The van der Waals surface area contributed by atoms with Crippen molar-refractivity contribution in [2.24, 2.45) is 0 Å². The fourth-order valence-corrected chi connectivity index (χ4v) is 2.04. The van der Waals surface area contributed by atoms with E-state index in [1.54, 1.807) is 26.0 Å². The number of amides is 3. The second kappa shape index (κ2) is 5.40. The van der Waals surface area contributed by atoms with Crippen LogP contribution in [0.2, 0.25) is 0 Å². The monoisotopic (exact) mass is 277 g/mol. The van der Waals surface area contributed by atoms with Crippen LogP contribution in [-0.2, 0) is 4.79 Å². The lowest BCUT2D eigenvalue weighted by Crippen LogP contribution is -2.40. The maximum atomic E-state index is 11.9. The van der Waals surface area contributed by atoms with Gasteiger partial charge in [0.05, 0.1) is 12.3 Å².